The monoisotopic (exact) mass is 260 g/mol. The summed E-state index contributed by atoms with van der Waals surface area (Å²) >= 11 is 0. The number of aryl methyl sites for hydroxylation is 1. The van der Waals surface area contributed by atoms with Crippen molar-refractivity contribution in [3.8, 4) is 0 Å². The average Bonchev–Trinajstić information content (AvgIpc) is 2.38. The van der Waals surface area contributed by atoms with Crippen molar-refractivity contribution in [3.05, 3.63) is 35.4 Å². The first-order valence-corrected chi connectivity index (χ1v) is 7.55. The normalized spacial score (nSPS) is 20.9. The van der Waals surface area contributed by atoms with Crippen molar-refractivity contribution < 1.29 is 0 Å². The van der Waals surface area contributed by atoms with Crippen LogP contribution in [0.2, 0.25) is 0 Å². The Balaban J connectivity index is 2.11. The largest absolute Gasteiger partial charge is 0.271 e. The van der Waals surface area contributed by atoms with Crippen molar-refractivity contribution in [1.82, 2.24) is 5.43 Å². The van der Waals surface area contributed by atoms with Crippen molar-refractivity contribution in [1.29, 1.82) is 0 Å². The molecular formula is C17H28N2. The first-order chi connectivity index (χ1) is 9.01. The zero-order valence-corrected chi connectivity index (χ0v) is 12.6. The topological polar surface area (TPSA) is 38.0 Å². The summed E-state index contributed by atoms with van der Waals surface area (Å²) in [6.07, 6.45) is 6.13. The maximum Gasteiger partial charge on any atom is 0.0279 e. The molecule has 2 rings (SSSR count). The predicted molar refractivity (Wildman–Crippen MR) is 81.9 cm³/mol. The molecule has 0 saturated heterocycles. The van der Waals surface area contributed by atoms with Gasteiger partial charge in [-0.15, -0.1) is 0 Å². The van der Waals surface area contributed by atoms with Crippen LogP contribution >= 0.6 is 0 Å². The van der Waals surface area contributed by atoms with Crippen LogP contribution in [-0.4, -0.2) is 6.04 Å². The van der Waals surface area contributed by atoms with Crippen LogP contribution in [0.25, 0.3) is 0 Å². The van der Waals surface area contributed by atoms with Gasteiger partial charge in [0.2, 0.25) is 0 Å². The van der Waals surface area contributed by atoms with Crippen LogP contribution in [0.15, 0.2) is 24.3 Å². The van der Waals surface area contributed by atoms with Crippen LogP contribution < -0.4 is 11.3 Å². The van der Waals surface area contributed by atoms with Gasteiger partial charge >= 0.3 is 0 Å². The lowest BCUT2D eigenvalue weighted by molar-refractivity contribution is 0.299. The standard InChI is InChI=1S/C17H28N2/c1-17(2,3)12-11-16(19-18)15-10-6-8-13-7-4-5-9-14(13)15/h4-5,7,9,15-16,19H,6,8,10-12,18H2,1-3H3. The van der Waals surface area contributed by atoms with E-state index in [0.717, 1.165) is 6.42 Å². The van der Waals surface area contributed by atoms with Crippen molar-refractivity contribution >= 4 is 0 Å². The van der Waals surface area contributed by atoms with Crippen LogP contribution in [0, 0.1) is 5.41 Å². The lowest BCUT2D eigenvalue weighted by Crippen LogP contribution is -2.41. The highest BCUT2D eigenvalue weighted by molar-refractivity contribution is 5.33. The third kappa shape index (κ3) is 3.80. The molecule has 1 aromatic carbocycles. The molecule has 1 aromatic rings. The van der Waals surface area contributed by atoms with Crippen LogP contribution in [-0.2, 0) is 6.42 Å². The quantitative estimate of drug-likeness (QED) is 0.639. The number of hydrogen-bond acceptors (Lipinski definition) is 2. The van der Waals surface area contributed by atoms with Gasteiger partial charge in [0.25, 0.3) is 0 Å². The summed E-state index contributed by atoms with van der Waals surface area (Å²) in [5.74, 6) is 6.42. The highest BCUT2D eigenvalue weighted by Gasteiger charge is 2.27. The molecule has 0 bridgehead atoms. The van der Waals surface area contributed by atoms with E-state index in [1.807, 2.05) is 0 Å². The first-order valence-electron chi connectivity index (χ1n) is 7.55. The van der Waals surface area contributed by atoms with Crippen molar-refractivity contribution in [2.45, 2.75) is 64.8 Å². The van der Waals surface area contributed by atoms with Crippen LogP contribution in [0.4, 0.5) is 0 Å². The molecule has 2 nitrogen and oxygen atoms in total. The second-order valence-electron chi connectivity index (χ2n) is 7.07. The fourth-order valence-electron chi connectivity index (χ4n) is 3.20. The summed E-state index contributed by atoms with van der Waals surface area (Å²) in [5, 5.41) is 0. The van der Waals surface area contributed by atoms with E-state index in [1.165, 1.54) is 36.8 Å². The molecule has 2 atom stereocenters. The number of fused-ring (bicyclic) bond motifs is 1. The van der Waals surface area contributed by atoms with Gasteiger partial charge in [-0.05, 0) is 48.6 Å². The minimum atomic E-state index is 0.378. The van der Waals surface area contributed by atoms with Crippen molar-refractivity contribution in [3.63, 3.8) is 0 Å². The Morgan fingerprint density at radius 2 is 2.05 bits per heavy atom. The maximum atomic E-state index is 5.84. The molecule has 0 amide bonds. The number of nitrogens with two attached hydrogens (primary N) is 1. The highest BCUT2D eigenvalue weighted by atomic mass is 15.2. The Morgan fingerprint density at radius 1 is 1.32 bits per heavy atom. The highest BCUT2D eigenvalue weighted by Crippen LogP contribution is 2.36. The summed E-state index contributed by atoms with van der Waals surface area (Å²) in [4.78, 5) is 0. The van der Waals surface area contributed by atoms with Gasteiger partial charge in [0.1, 0.15) is 0 Å². The molecule has 106 valence electrons. The molecule has 0 spiro atoms. The van der Waals surface area contributed by atoms with Gasteiger partial charge in [0, 0.05) is 12.0 Å². The summed E-state index contributed by atoms with van der Waals surface area (Å²) in [6, 6.07) is 9.29. The zero-order chi connectivity index (χ0) is 13.9. The van der Waals surface area contributed by atoms with E-state index in [9.17, 15) is 0 Å². The van der Waals surface area contributed by atoms with E-state index >= 15 is 0 Å². The van der Waals surface area contributed by atoms with E-state index < -0.39 is 0 Å². The van der Waals surface area contributed by atoms with Gasteiger partial charge in [0.05, 0.1) is 0 Å². The van der Waals surface area contributed by atoms with Gasteiger partial charge in [-0.1, -0.05) is 45.0 Å². The second kappa shape index (κ2) is 6.06. The molecule has 0 saturated carbocycles. The van der Waals surface area contributed by atoms with Crippen molar-refractivity contribution in [2.24, 2.45) is 11.3 Å². The smallest absolute Gasteiger partial charge is 0.0279 e. The van der Waals surface area contributed by atoms with Gasteiger partial charge in [-0.2, -0.15) is 0 Å². The second-order valence-corrected chi connectivity index (χ2v) is 7.07. The van der Waals surface area contributed by atoms with Crippen LogP contribution in [0.1, 0.15) is 63.5 Å². The molecule has 0 fully saturated rings. The SMILES string of the molecule is CC(C)(C)CCC(NN)C1CCCc2ccccc21. The molecule has 0 radical (unpaired) electrons. The Labute approximate surface area is 117 Å². The molecule has 19 heavy (non-hydrogen) atoms. The van der Waals surface area contributed by atoms with E-state index in [4.69, 9.17) is 5.84 Å². The number of nitrogens with one attached hydrogen (secondary N) is 1. The molecule has 0 aromatic heterocycles. The number of hydrazine groups is 1. The van der Waals surface area contributed by atoms with E-state index in [-0.39, 0.29) is 0 Å². The Bertz CT molecular complexity index is 406. The van der Waals surface area contributed by atoms with Crippen LogP contribution in [0.3, 0.4) is 0 Å². The summed E-state index contributed by atoms with van der Waals surface area (Å²) in [7, 11) is 0. The molecule has 2 unspecified atom stereocenters. The summed E-state index contributed by atoms with van der Waals surface area (Å²) in [5.41, 5.74) is 6.51. The average molecular weight is 260 g/mol. The maximum absolute atomic E-state index is 5.84. The van der Waals surface area contributed by atoms with Gasteiger partial charge < -0.3 is 0 Å². The predicted octanol–water partition coefficient (Wildman–Crippen LogP) is 3.76. The van der Waals surface area contributed by atoms with E-state index in [2.05, 4.69) is 50.5 Å². The lowest BCUT2D eigenvalue weighted by atomic mass is 9.76. The molecule has 2 heteroatoms. The number of hydrogen-bond donors (Lipinski definition) is 2. The number of benzene rings is 1. The van der Waals surface area contributed by atoms with Gasteiger partial charge in [-0.3, -0.25) is 11.3 Å². The molecule has 0 aliphatic heterocycles. The minimum Gasteiger partial charge on any atom is -0.271 e. The van der Waals surface area contributed by atoms with Gasteiger partial charge in [0.15, 0.2) is 0 Å². The molecule has 3 N–H and O–H groups in total. The number of rotatable bonds is 4. The minimum absolute atomic E-state index is 0.378. The van der Waals surface area contributed by atoms with E-state index in [1.54, 1.807) is 0 Å². The van der Waals surface area contributed by atoms with E-state index in [0.29, 0.717) is 17.4 Å². The first kappa shape index (κ1) is 14.5. The zero-order valence-electron chi connectivity index (χ0n) is 12.6. The Morgan fingerprint density at radius 3 is 2.74 bits per heavy atom. The third-order valence-corrected chi connectivity index (χ3v) is 4.32. The van der Waals surface area contributed by atoms with Crippen LogP contribution in [0.5, 0.6) is 0 Å². The fraction of sp³-hybridized carbons (Fsp3) is 0.647. The fourth-order valence-corrected chi connectivity index (χ4v) is 3.20. The van der Waals surface area contributed by atoms with Crippen molar-refractivity contribution in [2.75, 3.05) is 0 Å². The summed E-state index contributed by atoms with van der Waals surface area (Å²) in [6.45, 7) is 6.90. The molecule has 0 heterocycles. The summed E-state index contributed by atoms with van der Waals surface area (Å²) < 4.78 is 0. The third-order valence-electron chi connectivity index (χ3n) is 4.32. The Kier molecular flexibility index (Phi) is 4.64. The molecular weight excluding hydrogens is 232 g/mol. The van der Waals surface area contributed by atoms with Gasteiger partial charge in [-0.25, -0.2) is 0 Å². The molecule has 1 aliphatic carbocycles. The lowest BCUT2D eigenvalue weighted by Gasteiger charge is -2.33. The molecule has 1 aliphatic rings. The Hall–Kier alpha value is -0.860.